The molecular weight excluding hydrogens is 259 g/mol. The first-order valence-corrected chi connectivity index (χ1v) is 8.73. The summed E-state index contributed by atoms with van der Waals surface area (Å²) in [5.41, 5.74) is 2.21. The van der Waals surface area contributed by atoms with Crippen LogP contribution < -0.4 is 4.52 Å². The van der Waals surface area contributed by atoms with Crippen molar-refractivity contribution in [3.63, 3.8) is 0 Å². The molecule has 0 bridgehead atoms. The summed E-state index contributed by atoms with van der Waals surface area (Å²) in [6.45, 7) is 8.56. The lowest BCUT2D eigenvalue weighted by Crippen LogP contribution is -2.04. The van der Waals surface area contributed by atoms with Gasteiger partial charge in [-0.05, 0) is 49.9 Å². The molecule has 108 valence electrons. The maximum atomic E-state index is 12.7. The first kappa shape index (κ1) is 16.3. The lowest BCUT2D eigenvalue weighted by atomic mass is 10.1. The third-order valence-corrected chi connectivity index (χ3v) is 4.65. The van der Waals surface area contributed by atoms with Crippen LogP contribution in [-0.2, 0) is 9.09 Å². The molecule has 1 aromatic carbocycles. The topological polar surface area (TPSA) is 35.5 Å². The first-order valence-electron chi connectivity index (χ1n) is 7.00. The Bertz CT molecular complexity index is 411. The van der Waals surface area contributed by atoms with Crippen LogP contribution in [0.2, 0.25) is 0 Å². The summed E-state index contributed by atoms with van der Waals surface area (Å²) < 4.78 is 23.9. The number of rotatable bonds is 8. The maximum absolute atomic E-state index is 12.7. The van der Waals surface area contributed by atoms with Gasteiger partial charge in [0.15, 0.2) is 0 Å². The predicted octanol–water partition coefficient (Wildman–Crippen LogP) is 5.10. The van der Waals surface area contributed by atoms with E-state index in [4.69, 9.17) is 9.05 Å². The van der Waals surface area contributed by atoms with E-state index in [-0.39, 0.29) is 0 Å². The number of unbranched alkanes of at least 4 members (excludes halogenated alkanes) is 1. The molecule has 19 heavy (non-hydrogen) atoms. The van der Waals surface area contributed by atoms with Gasteiger partial charge in [0.2, 0.25) is 0 Å². The van der Waals surface area contributed by atoms with Gasteiger partial charge in [-0.25, -0.2) is 4.57 Å². The van der Waals surface area contributed by atoms with Gasteiger partial charge < -0.3 is 4.52 Å². The summed E-state index contributed by atoms with van der Waals surface area (Å²) >= 11 is 0. The van der Waals surface area contributed by atoms with Gasteiger partial charge in [0.05, 0.1) is 12.8 Å². The van der Waals surface area contributed by atoms with Gasteiger partial charge in [-0.3, -0.25) is 4.52 Å². The number of hydrogen-bond acceptors (Lipinski definition) is 3. The van der Waals surface area contributed by atoms with E-state index in [2.05, 4.69) is 13.0 Å². The first-order chi connectivity index (χ1) is 8.99. The molecule has 0 N–H and O–H groups in total. The summed E-state index contributed by atoms with van der Waals surface area (Å²) in [4.78, 5) is 0. The van der Waals surface area contributed by atoms with Crippen molar-refractivity contribution in [1.29, 1.82) is 0 Å². The molecule has 0 radical (unpaired) electrons. The van der Waals surface area contributed by atoms with Crippen LogP contribution in [-0.4, -0.2) is 12.8 Å². The fourth-order valence-corrected chi connectivity index (χ4v) is 3.73. The molecule has 0 heterocycles. The second-order valence-electron chi connectivity index (χ2n) is 4.94. The Morgan fingerprint density at radius 3 is 2.21 bits per heavy atom. The van der Waals surface area contributed by atoms with Crippen molar-refractivity contribution < 1.29 is 13.6 Å². The molecular formula is C15H25O3P. The molecule has 1 unspecified atom stereocenters. The average molecular weight is 284 g/mol. The van der Waals surface area contributed by atoms with Crippen LogP contribution >= 0.6 is 7.60 Å². The van der Waals surface area contributed by atoms with Crippen LogP contribution in [0.15, 0.2) is 18.2 Å². The maximum Gasteiger partial charge on any atom is 0.379 e. The Morgan fingerprint density at radius 2 is 1.68 bits per heavy atom. The van der Waals surface area contributed by atoms with Crippen LogP contribution in [0.25, 0.3) is 0 Å². The molecule has 3 nitrogen and oxygen atoms in total. The van der Waals surface area contributed by atoms with E-state index >= 15 is 0 Å². The molecule has 0 aliphatic rings. The molecule has 0 spiro atoms. The van der Waals surface area contributed by atoms with Crippen molar-refractivity contribution in [1.82, 2.24) is 0 Å². The molecule has 0 saturated carbocycles. The van der Waals surface area contributed by atoms with E-state index in [1.165, 1.54) is 0 Å². The number of aryl methyl sites for hydroxylation is 2. The smallest absolute Gasteiger partial charge is 0.379 e. The summed E-state index contributed by atoms with van der Waals surface area (Å²) in [5.74, 6) is 0.646. The molecule has 0 saturated heterocycles. The lowest BCUT2D eigenvalue weighted by Gasteiger charge is -2.19. The zero-order valence-corrected chi connectivity index (χ0v) is 13.3. The summed E-state index contributed by atoms with van der Waals surface area (Å²) in [6, 6.07) is 5.87. The Hall–Kier alpha value is -0.790. The highest BCUT2D eigenvalue weighted by Crippen LogP contribution is 2.49. The minimum Gasteiger partial charge on any atom is -0.424 e. The standard InChI is InChI=1S/C15H25O3P/c1-5-7-9-19(16,17-8-6-2)18-15-11-13(3)10-14(4)12-15/h10-12H,5-9H2,1-4H3. The van der Waals surface area contributed by atoms with Crippen LogP contribution in [0.1, 0.15) is 44.2 Å². The highest BCUT2D eigenvalue weighted by atomic mass is 31.2. The zero-order chi connectivity index (χ0) is 14.3. The van der Waals surface area contributed by atoms with Gasteiger partial charge in [0, 0.05) is 0 Å². The number of hydrogen-bond donors (Lipinski definition) is 0. The highest BCUT2D eigenvalue weighted by Gasteiger charge is 2.25. The van der Waals surface area contributed by atoms with E-state index in [1.807, 2.05) is 32.9 Å². The fraction of sp³-hybridized carbons (Fsp3) is 0.600. The summed E-state index contributed by atoms with van der Waals surface area (Å²) in [6.07, 6.45) is 3.16. The van der Waals surface area contributed by atoms with Crippen LogP contribution in [0.5, 0.6) is 5.75 Å². The Labute approximate surface area is 116 Å². The van der Waals surface area contributed by atoms with E-state index in [0.717, 1.165) is 30.4 Å². The van der Waals surface area contributed by atoms with Gasteiger partial charge in [-0.15, -0.1) is 0 Å². The summed E-state index contributed by atoms with van der Waals surface area (Å²) in [7, 11) is -3.01. The Balaban J connectivity index is 2.83. The third kappa shape index (κ3) is 5.80. The van der Waals surface area contributed by atoms with Crippen LogP contribution in [0.4, 0.5) is 0 Å². The molecule has 0 fully saturated rings. The Morgan fingerprint density at radius 1 is 1.05 bits per heavy atom. The minimum atomic E-state index is -3.01. The average Bonchev–Trinajstić information content (AvgIpc) is 2.33. The summed E-state index contributed by atoms with van der Waals surface area (Å²) in [5, 5.41) is 0. The van der Waals surface area contributed by atoms with Crippen molar-refractivity contribution in [2.45, 2.75) is 47.0 Å². The van der Waals surface area contributed by atoms with Gasteiger partial charge in [-0.2, -0.15) is 0 Å². The molecule has 0 aliphatic carbocycles. The van der Waals surface area contributed by atoms with Crippen molar-refractivity contribution in [2.24, 2.45) is 0 Å². The monoisotopic (exact) mass is 284 g/mol. The van der Waals surface area contributed by atoms with Crippen molar-refractivity contribution >= 4 is 7.60 Å². The predicted molar refractivity (Wildman–Crippen MR) is 80.2 cm³/mol. The van der Waals surface area contributed by atoms with E-state index in [0.29, 0.717) is 18.5 Å². The third-order valence-electron chi connectivity index (χ3n) is 2.72. The van der Waals surface area contributed by atoms with Gasteiger partial charge in [0.25, 0.3) is 0 Å². The van der Waals surface area contributed by atoms with Crippen molar-refractivity contribution in [2.75, 3.05) is 12.8 Å². The second kappa shape index (κ2) is 7.72. The van der Waals surface area contributed by atoms with E-state index in [9.17, 15) is 4.57 Å². The van der Waals surface area contributed by atoms with E-state index < -0.39 is 7.60 Å². The normalized spacial score (nSPS) is 14.1. The number of benzene rings is 1. The van der Waals surface area contributed by atoms with Gasteiger partial charge in [-0.1, -0.05) is 26.3 Å². The molecule has 1 atom stereocenters. The molecule has 0 aliphatic heterocycles. The molecule has 0 aromatic heterocycles. The lowest BCUT2D eigenvalue weighted by molar-refractivity contribution is 0.264. The Kier molecular flexibility index (Phi) is 6.60. The minimum absolute atomic E-state index is 0.478. The van der Waals surface area contributed by atoms with Crippen molar-refractivity contribution in [3.05, 3.63) is 29.3 Å². The zero-order valence-electron chi connectivity index (χ0n) is 12.4. The quantitative estimate of drug-likeness (QED) is 0.623. The van der Waals surface area contributed by atoms with Gasteiger partial charge in [0.1, 0.15) is 5.75 Å². The SMILES string of the molecule is CCCCP(=O)(OCCC)Oc1cc(C)cc(C)c1. The molecule has 1 rings (SSSR count). The fourth-order valence-electron chi connectivity index (χ4n) is 1.86. The molecule has 4 heteroatoms. The van der Waals surface area contributed by atoms with Gasteiger partial charge >= 0.3 is 7.60 Å². The second-order valence-corrected chi connectivity index (χ2v) is 7.05. The molecule has 1 aromatic rings. The van der Waals surface area contributed by atoms with Crippen LogP contribution in [0.3, 0.4) is 0 Å². The van der Waals surface area contributed by atoms with Crippen LogP contribution in [0, 0.1) is 13.8 Å². The largest absolute Gasteiger partial charge is 0.424 e. The molecule has 0 amide bonds. The van der Waals surface area contributed by atoms with Crippen molar-refractivity contribution in [3.8, 4) is 5.75 Å². The van der Waals surface area contributed by atoms with E-state index in [1.54, 1.807) is 0 Å². The highest BCUT2D eigenvalue weighted by molar-refractivity contribution is 7.54.